The zero-order chi connectivity index (χ0) is 24.4. The number of fused-ring (bicyclic) bond motifs is 2. The Morgan fingerprint density at radius 3 is 2.36 bits per heavy atom. The SMILES string of the molecule is COc1cccc(CC(CS(=O)(=O)O)Oc2cc3c(CCCS(=O)(=O)O)c(c2OC)O3)c1O. The van der Waals surface area contributed by atoms with Gasteiger partial charge in [-0.15, -0.1) is 0 Å². The molecular formula is C20H24O11S2. The van der Waals surface area contributed by atoms with Crippen molar-refractivity contribution in [2.45, 2.75) is 25.4 Å². The van der Waals surface area contributed by atoms with Crippen LogP contribution in [0.15, 0.2) is 24.3 Å². The third-order valence-electron chi connectivity index (χ3n) is 4.95. The van der Waals surface area contributed by atoms with Crippen LogP contribution < -0.4 is 18.9 Å². The Morgan fingerprint density at radius 1 is 1.03 bits per heavy atom. The summed E-state index contributed by atoms with van der Waals surface area (Å²) < 4.78 is 85.1. The molecule has 0 aromatic heterocycles. The molecule has 0 amide bonds. The quantitative estimate of drug-likeness (QED) is 0.310. The first kappa shape index (κ1) is 24.9. The van der Waals surface area contributed by atoms with Crippen LogP contribution in [0.1, 0.15) is 17.5 Å². The number of hydrogen-bond acceptors (Lipinski definition) is 9. The van der Waals surface area contributed by atoms with Gasteiger partial charge in [-0.1, -0.05) is 12.1 Å². The Bertz CT molecular complexity index is 1240. The average molecular weight is 505 g/mol. The van der Waals surface area contributed by atoms with Crippen LogP contribution in [0.25, 0.3) is 0 Å². The zero-order valence-electron chi connectivity index (χ0n) is 17.8. The van der Waals surface area contributed by atoms with Gasteiger partial charge in [0, 0.05) is 23.6 Å². The third kappa shape index (κ3) is 6.19. The molecule has 2 bridgehead atoms. The van der Waals surface area contributed by atoms with E-state index in [0.29, 0.717) is 29.0 Å². The summed E-state index contributed by atoms with van der Waals surface area (Å²) in [4.78, 5) is 0. The molecule has 4 rings (SSSR count). The molecule has 11 nitrogen and oxygen atoms in total. The minimum Gasteiger partial charge on any atom is -0.504 e. The van der Waals surface area contributed by atoms with Crippen LogP contribution in [0, 0.1) is 0 Å². The third-order valence-corrected chi connectivity index (χ3v) is 6.55. The van der Waals surface area contributed by atoms with E-state index in [1.807, 2.05) is 0 Å². The lowest BCUT2D eigenvalue weighted by atomic mass is 10.0. The van der Waals surface area contributed by atoms with Gasteiger partial charge in [-0.25, -0.2) is 0 Å². The number of aryl methyl sites for hydroxylation is 1. The highest BCUT2D eigenvalue weighted by atomic mass is 32.2. The molecular weight excluding hydrogens is 480 g/mol. The van der Waals surface area contributed by atoms with Crippen LogP contribution >= 0.6 is 0 Å². The number of para-hydroxylation sites is 1. The predicted molar refractivity (Wildman–Crippen MR) is 117 cm³/mol. The van der Waals surface area contributed by atoms with Crippen molar-refractivity contribution in [3.8, 4) is 34.5 Å². The molecule has 2 aromatic carbocycles. The van der Waals surface area contributed by atoms with Gasteiger partial charge >= 0.3 is 0 Å². The Morgan fingerprint density at radius 2 is 1.76 bits per heavy atom. The number of rotatable bonds is 12. The maximum Gasteiger partial charge on any atom is 0.268 e. The maximum atomic E-state index is 11.6. The molecule has 1 atom stereocenters. The Kier molecular flexibility index (Phi) is 7.26. The molecule has 2 aliphatic rings. The normalized spacial score (nSPS) is 13.6. The van der Waals surface area contributed by atoms with Gasteiger partial charge in [-0.05, 0) is 18.9 Å². The molecule has 182 valence electrons. The minimum atomic E-state index is -4.43. The van der Waals surface area contributed by atoms with Crippen molar-refractivity contribution < 1.29 is 50.0 Å². The summed E-state index contributed by atoms with van der Waals surface area (Å²) in [6.07, 6.45) is -0.719. The molecule has 13 heteroatoms. The van der Waals surface area contributed by atoms with Gasteiger partial charge in [-0.2, -0.15) is 16.8 Å². The van der Waals surface area contributed by atoms with Gasteiger partial charge in [0.1, 0.15) is 17.6 Å². The number of hydrogen-bond donors (Lipinski definition) is 3. The van der Waals surface area contributed by atoms with Crippen LogP contribution in [0.3, 0.4) is 0 Å². The van der Waals surface area contributed by atoms with Crippen LogP contribution in [0.4, 0.5) is 0 Å². The smallest absolute Gasteiger partial charge is 0.268 e. The molecule has 0 spiro atoms. The molecule has 0 radical (unpaired) electrons. The van der Waals surface area contributed by atoms with E-state index in [-0.39, 0.29) is 35.8 Å². The first-order valence-electron chi connectivity index (χ1n) is 9.75. The topological polar surface area (TPSA) is 166 Å². The van der Waals surface area contributed by atoms with Crippen molar-refractivity contribution in [1.29, 1.82) is 0 Å². The van der Waals surface area contributed by atoms with E-state index in [1.54, 1.807) is 12.1 Å². The highest BCUT2D eigenvalue weighted by Gasteiger charge is 2.33. The Hall–Kier alpha value is -2.74. The molecule has 2 heterocycles. The van der Waals surface area contributed by atoms with E-state index in [4.69, 9.17) is 23.5 Å². The fourth-order valence-electron chi connectivity index (χ4n) is 3.54. The fraction of sp³-hybridized carbons (Fsp3) is 0.400. The molecule has 2 aliphatic heterocycles. The standard InChI is InChI=1S/C20H24O11S2/c1-28-15-7-3-5-12(18(15)21)9-13(11-33(25,26)27)30-17-10-16-14(6-4-8-32(22,23)24)19(31-16)20(17)29-2/h3,5,7,10,13,21H,4,6,8-9,11H2,1-2H3,(H,22,23,24)(H,25,26,27). The minimum absolute atomic E-state index is 0.0758. The van der Waals surface area contributed by atoms with Crippen molar-refractivity contribution in [2.75, 3.05) is 25.7 Å². The highest BCUT2D eigenvalue weighted by molar-refractivity contribution is 7.86. The van der Waals surface area contributed by atoms with Crippen molar-refractivity contribution in [3.05, 3.63) is 35.4 Å². The van der Waals surface area contributed by atoms with Gasteiger partial charge < -0.3 is 24.1 Å². The van der Waals surface area contributed by atoms with Gasteiger partial charge in [0.25, 0.3) is 20.2 Å². The average Bonchev–Trinajstić information content (AvgIpc) is 2.70. The van der Waals surface area contributed by atoms with E-state index >= 15 is 0 Å². The van der Waals surface area contributed by atoms with Crippen molar-refractivity contribution in [1.82, 2.24) is 0 Å². The van der Waals surface area contributed by atoms with Crippen LogP contribution in [0.2, 0.25) is 0 Å². The zero-order valence-corrected chi connectivity index (χ0v) is 19.5. The van der Waals surface area contributed by atoms with Crippen molar-refractivity contribution in [3.63, 3.8) is 0 Å². The van der Waals surface area contributed by atoms with Crippen LogP contribution in [0.5, 0.6) is 34.5 Å². The number of phenols is 1. The lowest BCUT2D eigenvalue weighted by Crippen LogP contribution is -2.29. The summed E-state index contributed by atoms with van der Waals surface area (Å²) in [6, 6.07) is 6.19. The fourth-order valence-corrected chi connectivity index (χ4v) is 4.70. The molecule has 0 aliphatic carbocycles. The number of ether oxygens (including phenoxy) is 4. The van der Waals surface area contributed by atoms with Gasteiger partial charge in [0.05, 0.1) is 20.0 Å². The summed E-state index contributed by atoms with van der Waals surface area (Å²) in [5.74, 6) is -0.112. The van der Waals surface area contributed by atoms with Gasteiger partial charge in [0.2, 0.25) is 5.75 Å². The van der Waals surface area contributed by atoms with Crippen molar-refractivity contribution in [2.24, 2.45) is 0 Å². The second-order valence-electron chi connectivity index (χ2n) is 7.37. The number of aromatic hydroxyl groups is 1. The van der Waals surface area contributed by atoms with E-state index in [9.17, 15) is 26.5 Å². The molecule has 1 unspecified atom stereocenters. The first-order valence-corrected chi connectivity index (χ1v) is 13.0. The molecule has 33 heavy (non-hydrogen) atoms. The lowest BCUT2D eigenvalue weighted by Gasteiger charge is -2.29. The van der Waals surface area contributed by atoms with Crippen molar-refractivity contribution >= 4 is 20.2 Å². The monoisotopic (exact) mass is 504 g/mol. The maximum absolute atomic E-state index is 11.6. The Labute approximate surface area is 191 Å². The second-order valence-corrected chi connectivity index (χ2v) is 10.4. The van der Waals surface area contributed by atoms with E-state index < -0.39 is 37.8 Å². The largest absolute Gasteiger partial charge is 0.504 e. The molecule has 0 saturated carbocycles. The number of methoxy groups -OCH3 is 2. The molecule has 2 aromatic rings. The molecule has 0 saturated heterocycles. The van der Waals surface area contributed by atoms with Gasteiger partial charge in [0.15, 0.2) is 23.0 Å². The highest BCUT2D eigenvalue weighted by Crippen LogP contribution is 2.55. The van der Waals surface area contributed by atoms with Gasteiger partial charge in [-0.3, -0.25) is 9.11 Å². The second kappa shape index (κ2) is 9.63. The lowest BCUT2D eigenvalue weighted by molar-refractivity contribution is 0.203. The summed E-state index contributed by atoms with van der Waals surface area (Å²) in [7, 11) is -5.79. The molecule has 0 fully saturated rings. The Balaban J connectivity index is 1.85. The van der Waals surface area contributed by atoms with E-state index in [0.717, 1.165) is 0 Å². The number of phenolic OH excluding ortho intramolecular Hbond substituents is 1. The summed E-state index contributed by atoms with van der Waals surface area (Å²) in [5.41, 5.74) is 1.03. The first-order chi connectivity index (χ1) is 15.4. The predicted octanol–water partition coefficient (Wildman–Crippen LogP) is 2.21. The van der Waals surface area contributed by atoms with Crippen LogP contribution in [-0.4, -0.2) is 62.9 Å². The number of benzene rings is 2. The summed E-state index contributed by atoms with van der Waals surface area (Å²) in [5, 5.41) is 10.3. The van der Waals surface area contributed by atoms with Crippen LogP contribution in [-0.2, 0) is 33.1 Å². The molecule has 3 N–H and O–H groups in total. The van der Waals surface area contributed by atoms with E-state index in [2.05, 4.69) is 0 Å². The summed E-state index contributed by atoms with van der Waals surface area (Å²) in [6.45, 7) is 0. The summed E-state index contributed by atoms with van der Waals surface area (Å²) >= 11 is 0. The van der Waals surface area contributed by atoms with E-state index in [1.165, 1.54) is 26.4 Å².